The first-order valence-electron chi connectivity index (χ1n) is 6.63. The highest BCUT2D eigenvalue weighted by Gasteiger charge is 2.30. The highest BCUT2D eigenvalue weighted by molar-refractivity contribution is 8.14. The van der Waals surface area contributed by atoms with Crippen molar-refractivity contribution in [3.05, 3.63) is 29.8 Å². The fraction of sp³-hybridized carbons (Fsp3) is 0.429. The van der Waals surface area contributed by atoms with E-state index < -0.39 is 0 Å². The van der Waals surface area contributed by atoms with Gasteiger partial charge in [-0.15, -0.1) is 0 Å². The number of benzene rings is 1. The third-order valence-electron chi connectivity index (χ3n) is 3.44. The number of rotatable bonds is 2. The van der Waals surface area contributed by atoms with Crippen molar-refractivity contribution in [3.8, 4) is 0 Å². The maximum Gasteiger partial charge on any atom is 0.160 e. The van der Waals surface area contributed by atoms with E-state index in [2.05, 4.69) is 39.5 Å². The summed E-state index contributed by atoms with van der Waals surface area (Å²) >= 11 is 3.49. The number of aliphatic imine (C=N–C) groups is 2. The summed E-state index contributed by atoms with van der Waals surface area (Å²) in [5, 5.41) is 5.48. The first-order chi connectivity index (χ1) is 9.80. The summed E-state index contributed by atoms with van der Waals surface area (Å²) < 4.78 is 0. The van der Waals surface area contributed by atoms with Crippen LogP contribution in [0, 0.1) is 0 Å². The van der Waals surface area contributed by atoms with E-state index >= 15 is 0 Å². The number of hydrogen-bond donors (Lipinski definition) is 1. The number of hydrogen-bond acceptors (Lipinski definition) is 5. The van der Waals surface area contributed by atoms with Gasteiger partial charge in [0.1, 0.15) is 0 Å². The van der Waals surface area contributed by atoms with Gasteiger partial charge in [0.05, 0.1) is 6.04 Å². The second-order valence-corrected chi connectivity index (χ2v) is 6.56. The molecule has 0 aromatic heterocycles. The molecule has 6 heteroatoms. The highest BCUT2D eigenvalue weighted by atomic mass is 32.2. The first-order valence-corrected chi connectivity index (χ1v) is 8.84. The van der Waals surface area contributed by atoms with Crippen LogP contribution in [0.15, 0.2) is 34.3 Å². The van der Waals surface area contributed by atoms with E-state index in [9.17, 15) is 0 Å². The van der Waals surface area contributed by atoms with Crippen LogP contribution in [0.4, 0.5) is 5.69 Å². The van der Waals surface area contributed by atoms with E-state index in [1.165, 1.54) is 16.5 Å². The van der Waals surface area contributed by atoms with E-state index in [1.54, 1.807) is 18.8 Å². The Bertz CT molecular complexity index is 556. The Morgan fingerprint density at radius 3 is 3.20 bits per heavy atom. The van der Waals surface area contributed by atoms with Crippen LogP contribution < -0.4 is 5.32 Å². The third kappa shape index (κ3) is 2.81. The minimum Gasteiger partial charge on any atom is -0.348 e. The average molecular weight is 306 g/mol. The van der Waals surface area contributed by atoms with E-state index in [4.69, 9.17) is 4.99 Å². The lowest BCUT2D eigenvalue weighted by molar-refractivity contribution is 0.464. The molecular formula is C14H18N4S2. The summed E-state index contributed by atoms with van der Waals surface area (Å²) in [6, 6.07) is 8.78. The van der Waals surface area contributed by atoms with Crippen molar-refractivity contribution in [3.63, 3.8) is 0 Å². The lowest BCUT2D eigenvalue weighted by Gasteiger charge is -2.14. The van der Waals surface area contributed by atoms with Crippen LogP contribution in [0.5, 0.6) is 0 Å². The summed E-state index contributed by atoms with van der Waals surface area (Å²) in [5.74, 6) is 1.18. The SMILES string of the molecule is CN=C(Nc1cccc(C2CN3CCSC3=N2)c1)SC. The smallest absolute Gasteiger partial charge is 0.160 e. The standard InChI is InChI=1S/C14H18N4S2/c1-15-13(19-2)16-11-5-3-4-10(8-11)12-9-18-6-7-20-14(18)17-12/h3-5,8,12H,6-7,9H2,1-2H3,(H,15,16). The van der Waals surface area contributed by atoms with Crippen LogP contribution >= 0.6 is 23.5 Å². The molecule has 0 amide bonds. The molecule has 20 heavy (non-hydrogen) atoms. The summed E-state index contributed by atoms with van der Waals surface area (Å²) in [5.41, 5.74) is 2.35. The molecule has 3 rings (SSSR count). The molecule has 1 aromatic carbocycles. The highest BCUT2D eigenvalue weighted by Crippen LogP contribution is 2.33. The van der Waals surface area contributed by atoms with Crippen molar-refractivity contribution in [1.82, 2.24) is 4.90 Å². The largest absolute Gasteiger partial charge is 0.348 e. The molecule has 1 unspecified atom stereocenters. The van der Waals surface area contributed by atoms with Crippen LogP contribution in [0.1, 0.15) is 11.6 Å². The minimum atomic E-state index is 0.274. The lowest BCUT2D eigenvalue weighted by Crippen LogP contribution is -2.21. The average Bonchev–Trinajstić information content (AvgIpc) is 3.06. The van der Waals surface area contributed by atoms with Gasteiger partial charge in [0, 0.05) is 31.6 Å². The summed E-state index contributed by atoms with van der Waals surface area (Å²) in [4.78, 5) is 11.4. The van der Waals surface area contributed by atoms with Gasteiger partial charge in [-0.25, -0.2) is 0 Å². The monoisotopic (exact) mass is 306 g/mol. The van der Waals surface area contributed by atoms with Gasteiger partial charge in [-0.05, 0) is 24.0 Å². The molecule has 1 fully saturated rings. The molecule has 1 aromatic rings. The number of anilines is 1. The number of thioether (sulfide) groups is 2. The fourth-order valence-corrected chi connectivity index (χ4v) is 3.88. The van der Waals surface area contributed by atoms with Gasteiger partial charge in [-0.2, -0.15) is 0 Å². The van der Waals surface area contributed by atoms with Gasteiger partial charge < -0.3 is 10.2 Å². The second kappa shape index (κ2) is 6.10. The first kappa shape index (κ1) is 13.8. The van der Waals surface area contributed by atoms with E-state index in [0.29, 0.717) is 0 Å². The normalized spacial score (nSPS) is 21.9. The molecule has 0 aliphatic carbocycles. The lowest BCUT2D eigenvalue weighted by atomic mass is 10.1. The molecule has 1 saturated heterocycles. The van der Waals surface area contributed by atoms with Crippen molar-refractivity contribution in [2.24, 2.45) is 9.98 Å². The number of fused-ring (bicyclic) bond motifs is 1. The maximum absolute atomic E-state index is 4.82. The Hall–Kier alpha value is -1.14. The topological polar surface area (TPSA) is 40.0 Å². The number of nitrogens with one attached hydrogen (secondary N) is 1. The number of nitrogens with zero attached hydrogens (tertiary/aromatic N) is 3. The van der Waals surface area contributed by atoms with Crippen LogP contribution in [0.2, 0.25) is 0 Å². The fourth-order valence-electron chi connectivity index (χ4n) is 2.43. The Balaban J connectivity index is 1.77. The van der Waals surface area contributed by atoms with Crippen LogP contribution in [-0.2, 0) is 0 Å². The van der Waals surface area contributed by atoms with Gasteiger partial charge in [0.25, 0.3) is 0 Å². The Labute approximate surface area is 128 Å². The van der Waals surface area contributed by atoms with Crippen molar-refractivity contribution in [1.29, 1.82) is 0 Å². The quantitative estimate of drug-likeness (QED) is 0.674. The molecule has 2 aliphatic heterocycles. The van der Waals surface area contributed by atoms with Gasteiger partial charge >= 0.3 is 0 Å². The zero-order valence-electron chi connectivity index (χ0n) is 11.7. The Morgan fingerprint density at radius 2 is 2.45 bits per heavy atom. The molecular weight excluding hydrogens is 288 g/mol. The molecule has 0 spiro atoms. The second-order valence-electron chi connectivity index (χ2n) is 4.71. The molecule has 0 saturated carbocycles. The molecule has 0 radical (unpaired) electrons. The number of amidine groups is 2. The zero-order valence-corrected chi connectivity index (χ0v) is 13.3. The van der Waals surface area contributed by atoms with E-state index in [0.717, 1.165) is 23.9 Å². The maximum atomic E-state index is 4.82. The van der Waals surface area contributed by atoms with Gasteiger partial charge in [0.2, 0.25) is 0 Å². The van der Waals surface area contributed by atoms with Crippen molar-refractivity contribution < 1.29 is 0 Å². The third-order valence-corrected chi connectivity index (χ3v) is 5.12. The predicted octanol–water partition coefficient (Wildman–Crippen LogP) is 2.91. The van der Waals surface area contributed by atoms with Crippen molar-refractivity contribution in [2.45, 2.75) is 6.04 Å². The van der Waals surface area contributed by atoms with Crippen molar-refractivity contribution >= 4 is 39.5 Å². The molecule has 2 heterocycles. The molecule has 2 aliphatic rings. The summed E-state index contributed by atoms with van der Waals surface area (Å²) in [6.45, 7) is 2.15. The summed E-state index contributed by atoms with van der Waals surface area (Å²) in [6.07, 6.45) is 2.02. The van der Waals surface area contributed by atoms with Crippen molar-refractivity contribution in [2.75, 3.05) is 37.5 Å². The minimum absolute atomic E-state index is 0.274. The van der Waals surface area contributed by atoms with Crippen LogP contribution in [0.25, 0.3) is 0 Å². The Morgan fingerprint density at radius 1 is 1.55 bits per heavy atom. The summed E-state index contributed by atoms with van der Waals surface area (Å²) in [7, 11) is 1.80. The van der Waals surface area contributed by atoms with Gasteiger partial charge in [0.15, 0.2) is 10.3 Å². The van der Waals surface area contributed by atoms with Crippen LogP contribution in [0.3, 0.4) is 0 Å². The molecule has 1 N–H and O–H groups in total. The van der Waals surface area contributed by atoms with Crippen LogP contribution in [-0.4, -0.2) is 47.4 Å². The Kier molecular flexibility index (Phi) is 4.21. The molecule has 1 atom stereocenters. The molecule has 106 valence electrons. The predicted molar refractivity (Wildman–Crippen MR) is 91.1 cm³/mol. The molecule has 4 nitrogen and oxygen atoms in total. The van der Waals surface area contributed by atoms with E-state index in [1.807, 2.05) is 18.0 Å². The van der Waals surface area contributed by atoms with E-state index in [-0.39, 0.29) is 6.04 Å². The van der Waals surface area contributed by atoms with Gasteiger partial charge in [-0.3, -0.25) is 9.98 Å². The molecule has 0 bridgehead atoms. The zero-order chi connectivity index (χ0) is 13.9. The van der Waals surface area contributed by atoms with Gasteiger partial charge in [-0.1, -0.05) is 35.7 Å².